The van der Waals surface area contributed by atoms with Crippen molar-refractivity contribution >= 4 is 34.2 Å². The Bertz CT molecular complexity index is 373. The van der Waals surface area contributed by atoms with Gasteiger partial charge in [0, 0.05) is 25.2 Å². The van der Waals surface area contributed by atoms with Gasteiger partial charge in [-0.05, 0) is 17.7 Å². The van der Waals surface area contributed by atoms with Gasteiger partial charge in [0.1, 0.15) is 6.04 Å². The predicted molar refractivity (Wildman–Crippen MR) is 77.7 cm³/mol. The van der Waals surface area contributed by atoms with E-state index in [9.17, 15) is 4.79 Å². The molecule has 0 spiro atoms. The number of halogens is 2. The number of hydrogen-bond donors (Lipinski definition) is 1. The highest BCUT2D eigenvalue weighted by Gasteiger charge is 2.17. The third-order valence-corrected chi connectivity index (χ3v) is 2.90. The smallest absolute Gasteiger partial charge is 0.241 e. The largest absolute Gasteiger partial charge is 0.383 e. The quantitative estimate of drug-likeness (QED) is 0.891. The first-order chi connectivity index (χ1) is 8.04. The summed E-state index contributed by atoms with van der Waals surface area (Å²) in [7, 11) is 3.27. The van der Waals surface area contributed by atoms with Crippen LogP contribution in [-0.4, -0.2) is 37.6 Å². The molecule has 0 fully saturated rings. The standard InChI is InChI=1S/C12H17BrN2O2.ClH/c1-15(12(16)11(14)8-17-2)7-9-3-5-10(13)6-4-9;/h3-6,11H,7-8,14H2,1-2H3;1H. The molecule has 0 radical (unpaired) electrons. The molecule has 18 heavy (non-hydrogen) atoms. The van der Waals surface area contributed by atoms with Gasteiger partial charge in [0.15, 0.2) is 0 Å². The van der Waals surface area contributed by atoms with Crippen LogP contribution in [0.5, 0.6) is 0 Å². The minimum Gasteiger partial charge on any atom is -0.383 e. The zero-order chi connectivity index (χ0) is 12.8. The molecule has 0 bridgehead atoms. The van der Waals surface area contributed by atoms with Crippen LogP contribution in [0.2, 0.25) is 0 Å². The van der Waals surface area contributed by atoms with Crippen molar-refractivity contribution in [2.45, 2.75) is 12.6 Å². The second kappa shape index (κ2) is 8.48. The number of carbonyl (C=O) groups is 1. The fourth-order valence-corrected chi connectivity index (χ4v) is 1.74. The van der Waals surface area contributed by atoms with Crippen LogP contribution in [0.1, 0.15) is 5.56 Å². The summed E-state index contributed by atoms with van der Waals surface area (Å²) in [5.41, 5.74) is 6.75. The van der Waals surface area contributed by atoms with Gasteiger partial charge in [-0.2, -0.15) is 0 Å². The van der Waals surface area contributed by atoms with E-state index < -0.39 is 6.04 Å². The zero-order valence-electron chi connectivity index (χ0n) is 10.4. The molecule has 1 amide bonds. The lowest BCUT2D eigenvalue weighted by atomic mass is 10.2. The van der Waals surface area contributed by atoms with Gasteiger partial charge >= 0.3 is 0 Å². The maximum atomic E-state index is 11.8. The van der Waals surface area contributed by atoms with Crippen LogP contribution in [0, 0.1) is 0 Å². The molecule has 0 saturated heterocycles. The molecule has 2 N–H and O–H groups in total. The summed E-state index contributed by atoms with van der Waals surface area (Å²) >= 11 is 3.37. The number of methoxy groups -OCH3 is 1. The van der Waals surface area contributed by atoms with Gasteiger partial charge in [0.25, 0.3) is 0 Å². The summed E-state index contributed by atoms with van der Waals surface area (Å²) in [6.07, 6.45) is 0. The van der Waals surface area contributed by atoms with Gasteiger partial charge in [0.05, 0.1) is 6.61 Å². The second-order valence-corrected chi connectivity index (χ2v) is 4.80. The normalized spacial score (nSPS) is 11.6. The van der Waals surface area contributed by atoms with Gasteiger partial charge in [-0.3, -0.25) is 4.79 Å². The van der Waals surface area contributed by atoms with Crippen molar-refractivity contribution in [3.8, 4) is 0 Å². The van der Waals surface area contributed by atoms with Crippen molar-refractivity contribution in [3.63, 3.8) is 0 Å². The van der Waals surface area contributed by atoms with Crippen molar-refractivity contribution in [2.75, 3.05) is 20.8 Å². The molecule has 1 rings (SSSR count). The summed E-state index contributed by atoms with van der Waals surface area (Å²) in [6, 6.07) is 7.23. The molecule has 1 aromatic rings. The third kappa shape index (κ3) is 5.35. The van der Waals surface area contributed by atoms with E-state index in [-0.39, 0.29) is 24.9 Å². The van der Waals surface area contributed by atoms with E-state index in [1.54, 1.807) is 11.9 Å². The lowest BCUT2D eigenvalue weighted by Gasteiger charge is -2.21. The zero-order valence-corrected chi connectivity index (χ0v) is 12.8. The van der Waals surface area contributed by atoms with Gasteiger partial charge in [0.2, 0.25) is 5.91 Å². The summed E-state index contributed by atoms with van der Waals surface area (Å²) in [5, 5.41) is 0. The average Bonchev–Trinajstić information content (AvgIpc) is 2.31. The number of nitrogens with two attached hydrogens (primary N) is 1. The topological polar surface area (TPSA) is 55.6 Å². The molecule has 4 nitrogen and oxygen atoms in total. The molecule has 102 valence electrons. The molecule has 0 aromatic heterocycles. The number of benzene rings is 1. The van der Waals surface area contributed by atoms with E-state index in [4.69, 9.17) is 10.5 Å². The Labute approximate surface area is 122 Å². The summed E-state index contributed by atoms with van der Waals surface area (Å²) in [4.78, 5) is 13.4. The number of likely N-dealkylation sites (N-methyl/N-ethyl adjacent to an activating group) is 1. The first-order valence-electron chi connectivity index (χ1n) is 5.28. The number of nitrogens with zero attached hydrogens (tertiary/aromatic N) is 1. The number of carbonyl (C=O) groups excluding carboxylic acids is 1. The van der Waals surface area contributed by atoms with Crippen LogP contribution in [-0.2, 0) is 16.1 Å². The maximum absolute atomic E-state index is 11.8. The molecule has 0 heterocycles. The summed E-state index contributed by atoms with van der Waals surface area (Å²) in [5.74, 6) is -0.116. The molecule has 0 aliphatic rings. The van der Waals surface area contributed by atoms with E-state index in [1.165, 1.54) is 7.11 Å². The molecular formula is C12H18BrClN2O2. The van der Waals surface area contributed by atoms with Crippen LogP contribution in [0.4, 0.5) is 0 Å². The Morgan fingerprint density at radius 1 is 1.44 bits per heavy atom. The lowest BCUT2D eigenvalue weighted by Crippen LogP contribution is -2.44. The molecule has 0 saturated carbocycles. The Morgan fingerprint density at radius 3 is 2.50 bits per heavy atom. The second-order valence-electron chi connectivity index (χ2n) is 3.88. The number of amides is 1. The van der Waals surface area contributed by atoms with Crippen LogP contribution in [0.15, 0.2) is 28.7 Å². The first-order valence-corrected chi connectivity index (χ1v) is 6.08. The van der Waals surface area contributed by atoms with Gasteiger partial charge in [-0.15, -0.1) is 12.4 Å². The number of rotatable bonds is 5. The van der Waals surface area contributed by atoms with Gasteiger partial charge < -0.3 is 15.4 Å². The fourth-order valence-electron chi connectivity index (χ4n) is 1.48. The Hall–Kier alpha value is -0.620. The summed E-state index contributed by atoms with van der Waals surface area (Å²) < 4.78 is 5.88. The predicted octanol–water partition coefficient (Wildman–Crippen LogP) is 1.80. The van der Waals surface area contributed by atoms with Crippen LogP contribution >= 0.6 is 28.3 Å². The highest BCUT2D eigenvalue weighted by molar-refractivity contribution is 9.10. The van der Waals surface area contributed by atoms with Crippen LogP contribution < -0.4 is 5.73 Å². The Morgan fingerprint density at radius 2 is 2.00 bits per heavy atom. The van der Waals surface area contributed by atoms with Crippen LogP contribution in [0.3, 0.4) is 0 Å². The van der Waals surface area contributed by atoms with E-state index in [0.29, 0.717) is 6.54 Å². The Balaban J connectivity index is 0.00000289. The number of hydrogen-bond acceptors (Lipinski definition) is 3. The summed E-state index contributed by atoms with van der Waals surface area (Å²) in [6.45, 7) is 0.785. The van der Waals surface area contributed by atoms with Crippen molar-refractivity contribution < 1.29 is 9.53 Å². The minimum atomic E-state index is -0.597. The molecule has 1 atom stereocenters. The molecule has 1 aromatic carbocycles. The SMILES string of the molecule is COCC(N)C(=O)N(C)Cc1ccc(Br)cc1.Cl. The van der Waals surface area contributed by atoms with Crippen molar-refractivity contribution in [1.82, 2.24) is 4.90 Å². The fraction of sp³-hybridized carbons (Fsp3) is 0.417. The highest BCUT2D eigenvalue weighted by atomic mass is 79.9. The van der Waals surface area contributed by atoms with E-state index in [1.807, 2.05) is 24.3 Å². The minimum absolute atomic E-state index is 0. The van der Waals surface area contributed by atoms with Crippen molar-refractivity contribution in [3.05, 3.63) is 34.3 Å². The first kappa shape index (κ1) is 17.4. The van der Waals surface area contributed by atoms with Gasteiger partial charge in [-0.1, -0.05) is 28.1 Å². The number of ether oxygens (including phenoxy) is 1. The maximum Gasteiger partial charge on any atom is 0.241 e. The third-order valence-electron chi connectivity index (χ3n) is 2.37. The van der Waals surface area contributed by atoms with E-state index in [0.717, 1.165) is 10.0 Å². The van der Waals surface area contributed by atoms with Crippen molar-refractivity contribution in [1.29, 1.82) is 0 Å². The van der Waals surface area contributed by atoms with E-state index in [2.05, 4.69) is 15.9 Å². The van der Waals surface area contributed by atoms with Crippen LogP contribution in [0.25, 0.3) is 0 Å². The molecule has 6 heteroatoms. The lowest BCUT2D eigenvalue weighted by molar-refractivity contribution is -0.132. The Kier molecular flexibility index (Phi) is 8.18. The highest BCUT2D eigenvalue weighted by Crippen LogP contribution is 2.12. The van der Waals surface area contributed by atoms with Crippen molar-refractivity contribution in [2.24, 2.45) is 5.73 Å². The molecular weight excluding hydrogens is 320 g/mol. The van der Waals surface area contributed by atoms with E-state index >= 15 is 0 Å². The molecule has 1 unspecified atom stereocenters. The van der Waals surface area contributed by atoms with Gasteiger partial charge in [-0.25, -0.2) is 0 Å². The molecule has 0 aliphatic heterocycles. The molecule has 0 aliphatic carbocycles. The monoisotopic (exact) mass is 336 g/mol. The average molecular weight is 338 g/mol.